The van der Waals surface area contributed by atoms with Crippen molar-refractivity contribution in [1.82, 2.24) is 9.80 Å². The Morgan fingerprint density at radius 3 is 1.62 bits per heavy atom. The second-order valence-electron chi connectivity index (χ2n) is 7.04. The molecule has 0 saturated carbocycles. The Labute approximate surface area is 162 Å². The molecule has 0 N–H and O–H groups in total. The SMILES string of the molecule is Br.C=CN1C=CN(CCCCCCCCCCCCCCCC)C1. The monoisotopic (exact) mass is 400 g/mol. The van der Waals surface area contributed by atoms with E-state index in [1.165, 1.54) is 96.4 Å². The average Bonchev–Trinajstić information content (AvgIpc) is 3.03. The van der Waals surface area contributed by atoms with E-state index in [2.05, 4.69) is 35.7 Å². The van der Waals surface area contributed by atoms with Crippen LogP contribution in [-0.2, 0) is 0 Å². The summed E-state index contributed by atoms with van der Waals surface area (Å²) >= 11 is 0. The normalized spacial score (nSPS) is 13.4. The van der Waals surface area contributed by atoms with Gasteiger partial charge in [-0.3, -0.25) is 0 Å². The molecule has 1 rings (SSSR count). The van der Waals surface area contributed by atoms with Crippen LogP contribution in [0.15, 0.2) is 25.2 Å². The third kappa shape index (κ3) is 12.9. The van der Waals surface area contributed by atoms with Crippen molar-refractivity contribution in [3.63, 3.8) is 0 Å². The number of hydrogen-bond acceptors (Lipinski definition) is 2. The summed E-state index contributed by atoms with van der Waals surface area (Å²) in [5.74, 6) is 0. The Kier molecular flexibility index (Phi) is 17.1. The molecular weight excluding hydrogens is 360 g/mol. The summed E-state index contributed by atoms with van der Waals surface area (Å²) in [5, 5.41) is 0. The predicted molar refractivity (Wildman–Crippen MR) is 113 cm³/mol. The molecule has 0 spiro atoms. The van der Waals surface area contributed by atoms with Gasteiger partial charge in [0.25, 0.3) is 0 Å². The zero-order valence-corrected chi connectivity index (χ0v) is 17.8. The number of nitrogens with zero attached hydrogens (tertiary/aromatic N) is 2. The van der Waals surface area contributed by atoms with E-state index in [-0.39, 0.29) is 17.0 Å². The van der Waals surface area contributed by atoms with Crippen LogP contribution < -0.4 is 0 Å². The topological polar surface area (TPSA) is 6.48 Å². The molecule has 0 bridgehead atoms. The van der Waals surface area contributed by atoms with Gasteiger partial charge in [0.05, 0.1) is 6.67 Å². The largest absolute Gasteiger partial charge is 0.358 e. The van der Waals surface area contributed by atoms with Crippen LogP contribution in [0.5, 0.6) is 0 Å². The molecule has 0 aliphatic carbocycles. The lowest BCUT2D eigenvalue weighted by atomic mass is 10.0. The molecule has 0 saturated heterocycles. The van der Waals surface area contributed by atoms with E-state index in [9.17, 15) is 0 Å². The molecule has 1 aliphatic heterocycles. The van der Waals surface area contributed by atoms with E-state index in [1.54, 1.807) is 0 Å². The summed E-state index contributed by atoms with van der Waals surface area (Å²) in [5.41, 5.74) is 0. The van der Waals surface area contributed by atoms with Gasteiger partial charge in [0.15, 0.2) is 0 Å². The number of unbranched alkanes of at least 4 members (excludes halogenated alkanes) is 13. The number of halogens is 1. The second-order valence-corrected chi connectivity index (χ2v) is 7.04. The molecule has 142 valence electrons. The second kappa shape index (κ2) is 17.4. The lowest BCUT2D eigenvalue weighted by Gasteiger charge is -2.18. The number of rotatable bonds is 16. The van der Waals surface area contributed by atoms with E-state index >= 15 is 0 Å². The zero-order chi connectivity index (χ0) is 16.6. The first-order valence-corrected chi connectivity index (χ1v) is 10.2. The van der Waals surface area contributed by atoms with Gasteiger partial charge < -0.3 is 9.80 Å². The van der Waals surface area contributed by atoms with Gasteiger partial charge in [-0.1, -0.05) is 97.0 Å². The van der Waals surface area contributed by atoms with Crippen LogP contribution >= 0.6 is 17.0 Å². The molecular formula is C21H41BrN2. The summed E-state index contributed by atoms with van der Waals surface area (Å²) in [6.45, 7) is 8.27. The van der Waals surface area contributed by atoms with Crippen molar-refractivity contribution in [2.75, 3.05) is 13.2 Å². The molecule has 24 heavy (non-hydrogen) atoms. The van der Waals surface area contributed by atoms with Crippen LogP contribution in [-0.4, -0.2) is 23.0 Å². The van der Waals surface area contributed by atoms with Gasteiger partial charge in [-0.05, 0) is 12.6 Å². The fourth-order valence-corrected chi connectivity index (χ4v) is 3.26. The smallest absolute Gasteiger partial charge is 0.0935 e. The number of hydrogen-bond donors (Lipinski definition) is 0. The highest BCUT2D eigenvalue weighted by Crippen LogP contribution is 2.13. The lowest BCUT2D eigenvalue weighted by molar-refractivity contribution is 0.307. The Balaban J connectivity index is 0.00000529. The summed E-state index contributed by atoms with van der Waals surface area (Å²) in [6, 6.07) is 0. The molecule has 0 unspecified atom stereocenters. The molecule has 0 amide bonds. The molecule has 0 aromatic carbocycles. The van der Waals surface area contributed by atoms with Gasteiger partial charge in [-0.2, -0.15) is 0 Å². The highest BCUT2D eigenvalue weighted by molar-refractivity contribution is 8.93. The van der Waals surface area contributed by atoms with Gasteiger partial charge >= 0.3 is 0 Å². The minimum Gasteiger partial charge on any atom is -0.358 e. The maximum atomic E-state index is 3.80. The van der Waals surface area contributed by atoms with Crippen molar-refractivity contribution in [3.05, 3.63) is 25.2 Å². The Bertz CT molecular complexity index is 304. The molecule has 3 heteroatoms. The van der Waals surface area contributed by atoms with Crippen LogP contribution in [0.25, 0.3) is 0 Å². The lowest BCUT2D eigenvalue weighted by Crippen LogP contribution is -2.22. The van der Waals surface area contributed by atoms with E-state index in [1.807, 2.05) is 6.20 Å². The van der Waals surface area contributed by atoms with Crippen LogP contribution in [0.1, 0.15) is 96.8 Å². The third-order valence-electron chi connectivity index (χ3n) is 4.85. The Hall–Kier alpha value is -0.440. The first kappa shape index (κ1) is 23.6. The van der Waals surface area contributed by atoms with Gasteiger partial charge in [-0.25, -0.2) is 0 Å². The third-order valence-corrected chi connectivity index (χ3v) is 4.85. The van der Waals surface area contributed by atoms with Crippen LogP contribution in [0, 0.1) is 0 Å². The quantitative estimate of drug-likeness (QED) is 0.252. The fourth-order valence-electron chi connectivity index (χ4n) is 3.26. The minimum absolute atomic E-state index is 0. The van der Waals surface area contributed by atoms with Crippen molar-refractivity contribution in [3.8, 4) is 0 Å². The van der Waals surface area contributed by atoms with Crippen LogP contribution in [0.4, 0.5) is 0 Å². The summed E-state index contributed by atoms with van der Waals surface area (Å²) in [7, 11) is 0. The van der Waals surface area contributed by atoms with E-state index in [0.717, 1.165) is 6.67 Å². The molecule has 1 heterocycles. The van der Waals surface area contributed by atoms with E-state index in [0.29, 0.717) is 0 Å². The Morgan fingerprint density at radius 1 is 0.750 bits per heavy atom. The van der Waals surface area contributed by atoms with E-state index < -0.39 is 0 Å². The van der Waals surface area contributed by atoms with Gasteiger partial charge in [0.1, 0.15) is 0 Å². The van der Waals surface area contributed by atoms with Crippen molar-refractivity contribution in [2.24, 2.45) is 0 Å². The van der Waals surface area contributed by atoms with Crippen molar-refractivity contribution < 1.29 is 0 Å². The standard InChI is InChI=1S/C21H40N2.BrH/c1-3-5-6-7-8-9-10-11-12-13-14-15-16-17-18-23-20-19-22(4-2)21-23;/h4,19-20H,2-3,5-18,21H2,1H3;1H. The van der Waals surface area contributed by atoms with Crippen LogP contribution in [0.2, 0.25) is 0 Å². The minimum atomic E-state index is 0. The maximum absolute atomic E-state index is 3.80. The van der Waals surface area contributed by atoms with Crippen LogP contribution in [0.3, 0.4) is 0 Å². The summed E-state index contributed by atoms with van der Waals surface area (Å²) in [4.78, 5) is 4.51. The van der Waals surface area contributed by atoms with Crippen molar-refractivity contribution >= 4 is 17.0 Å². The predicted octanol–water partition coefficient (Wildman–Crippen LogP) is 7.24. The first-order chi connectivity index (χ1) is 11.4. The average molecular weight is 401 g/mol. The highest BCUT2D eigenvalue weighted by atomic mass is 79.9. The summed E-state index contributed by atoms with van der Waals surface area (Å²) in [6.07, 6.45) is 26.2. The highest BCUT2D eigenvalue weighted by Gasteiger charge is 2.08. The molecule has 0 radical (unpaired) electrons. The zero-order valence-electron chi connectivity index (χ0n) is 16.1. The Morgan fingerprint density at radius 2 is 1.21 bits per heavy atom. The molecule has 1 aliphatic rings. The van der Waals surface area contributed by atoms with Crippen molar-refractivity contribution in [2.45, 2.75) is 96.8 Å². The molecule has 0 aromatic heterocycles. The van der Waals surface area contributed by atoms with Crippen molar-refractivity contribution in [1.29, 1.82) is 0 Å². The molecule has 0 fully saturated rings. The maximum Gasteiger partial charge on any atom is 0.0935 e. The van der Waals surface area contributed by atoms with Gasteiger partial charge in [-0.15, -0.1) is 17.0 Å². The van der Waals surface area contributed by atoms with Gasteiger partial charge in [0, 0.05) is 18.9 Å². The van der Waals surface area contributed by atoms with Gasteiger partial charge in [0.2, 0.25) is 0 Å². The molecule has 0 atom stereocenters. The van der Waals surface area contributed by atoms with E-state index in [4.69, 9.17) is 0 Å². The first-order valence-electron chi connectivity index (χ1n) is 10.2. The molecule has 2 nitrogen and oxygen atoms in total. The molecule has 0 aromatic rings. The summed E-state index contributed by atoms with van der Waals surface area (Å²) < 4.78 is 0. The fraction of sp³-hybridized carbons (Fsp3) is 0.810.